The lowest BCUT2D eigenvalue weighted by atomic mass is 10.0. The van der Waals surface area contributed by atoms with Gasteiger partial charge in [0.15, 0.2) is 0 Å². The molecule has 84 valence electrons. The molecule has 3 heteroatoms. The Kier molecular flexibility index (Phi) is 6.15. The van der Waals surface area contributed by atoms with Gasteiger partial charge in [0, 0.05) is 12.6 Å². The van der Waals surface area contributed by atoms with Gasteiger partial charge in [-0.25, -0.2) is 0 Å². The lowest BCUT2D eigenvalue weighted by molar-refractivity contribution is 0.0453. The molecule has 14 heavy (non-hydrogen) atoms. The first-order valence-corrected chi connectivity index (χ1v) is 5.90. The molecule has 0 aromatic heterocycles. The summed E-state index contributed by atoms with van der Waals surface area (Å²) >= 11 is 0. The molecule has 1 saturated heterocycles. The molecule has 1 heterocycles. The van der Waals surface area contributed by atoms with Crippen molar-refractivity contribution in [2.45, 2.75) is 38.6 Å². The zero-order valence-electron chi connectivity index (χ0n) is 9.37. The smallest absolute Gasteiger partial charge is 0.0621 e. The molecule has 1 aliphatic heterocycles. The summed E-state index contributed by atoms with van der Waals surface area (Å²) in [5, 5.41) is 0. The molecular formula is C11H24N2O. The number of nitrogens with two attached hydrogens (primary N) is 1. The van der Waals surface area contributed by atoms with Crippen LogP contribution in [0.2, 0.25) is 0 Å². The number of ether oxygens (including phenoxy) is 1. The van der Waals surface area contributed by atoms with E-state index in [-0.39, 0.29) is 0 Å². The van der Waals surface area contributed by atoms with Gasteiger partial charge < -0.3 is 10.5 Å². The predicted octanol–water partition coefficient (Wildman–Crippen LogP) is 1.23. The van der Waals surface area contributed by atoms with Crippen molar-refractivity contribution in [1.29, 1.82) is 0 Å². The van der Waals surface area contributed by atoms with Crippen LogP contribution in [0.25, 0.3) is 0 Å². The molecule has 0 saturated carbocycles. The van der Waals surface area contributed by atoms with Crippen molar-refractivity contribution in [3.63, 3.8) is 0 Å². The van der Waals surface area contributed by atoms with Crippen molar-refractivity contribution < 1.29 is 4.74 Å². The van der Waals surface area contributed by atoms with Crippen molar-refractivity contribution in [2.24, 2.45) is 5.73 Å². The van der Waals surface area contributed by atoms with Gasteiger partial charge in [0.05, 0.1) is 6.61 Å². The van der Waals surface area contributed by atoms with Crippen molar-refractivity contribution in [3.05, 3.63) is 0 Å². The zero-order valence-corrected chi connectivity index (χ0v) is 9.37. The maximum Gasteiger partial charge on any atom is 0.0621 e. The summed E-state index contributed by atoms with van der Waals surface area (Å²) in [7, 11) is 0. The highest BCUT2D eigenvalue weighted by molar-refractivity contribution is 4.76. The van der Waals surface area contributed by atoms with Crippen LogP contribution in [-0.2, 0) is 4.74 Å². The van der Waals surface area contributed by atoms with Gasteiger partial charge in [-0.05, 0) is 45.8 Å². The van der Waals surface area contributed by atoms with E-state index in [0.29, 0.717) is 6.04 Å². The van der Waals surface area contributed by atoms with E-state index in [4.69, 9.17) is 10.5 Å². The van der Waals surface area contributed by atoms with E-state index in [2.05, 4.69) is 11.8 Å². The number of hydrogen-bond donors (Lipinski definition) is 1. The van der Waals surface area contributed by atoms with Crippen LogP contribution in [0.4, 0.5) is 0 Å². The maximum absolute atomic E-state index is 5.53. The van der Waals surface area contributed by atoms with Gasteiger partial charge >= 0.3 is 0 Å². The Morgan fingerprint density at radius 2 is 2.29 bits per heavy atom. The normalized spacial score (nSPS) is 24.0. The fraction of sp³-hybridized carbons (Fsp3) is 1.00. The lowest BCUT2D eigenvalue weighted by Crippen LogP contribution is -2.43. The van der Waals surface area contributed by atoms with E-state index in [1.807, 2.05) is 0 Å². The molecule has 0 aromatic carbocycles. The van der Waals surface area contributed by atoms with Crippen molar-refractivity contribution in [2.75, 3.05) is 32.8 Å². The van der Waals surface area contributed by atoms with E-state index in [1.165, 1.54) is 25.8 Å². The average Bonchev–Trinajstić information content (AvgIpc) is 2.24. The standard InChI is InChI=1S/C11H24N2O/c1-2-14-10-11-6-3-4-8-13(11)9-5-7-12/h11H,2-10,12H2,1H3/t11-/m1/s1. The number of hydrogen-bond acceptors (Lipinski definition) is 3. The minimum absolute atomic E-state index is 0.648. The van der Waals surface area contributed by atoms with Gasteiger partial charge in [0.1, 0.15) is 0 Å². The number of piperidine rings is 1. The van der Waals surface area contributed by atoms with Gasteiger partial charge in [-0.3, -0.25) is 4.90 Å². The lowest BCUT2D eigenvalue weighted by Gasteiger charge is -2.35. The Hall–Kier alpha value is -0.120. The van der Waals surface area contributed by atoms with Gasteiger partial charge in [0.25, 0.3) is 0 Å². The summed E-state index contributed by atoms with van der Waals surface area (Å²) < 4.78 is 5.51. The van der Waals surface area contributed by atoms with Gasteiger partial charge in [-0.15, -0.1) is 0 Å². The molecule has 2 N–H and O–H groups in total. The summed E-state index contributed by atoms with van der Waals surface area (Å²) in [5.74, 6) is 0. The van der Waals surface area contributed by atoms with Crippen LogP contribution in [-0.4, -0.2) is 43.8 Å². The first-order valence-electron chi connectivity index (χ1n) is 5.90. The number of rotatable bonds is 6. The first-order chi connectivity index (χ1) is 6.88. The minimum atomic E-state index is 0.648. The molecule has 1 atom stereocenters. The van der Waals surface area contributed by atoms with E-state index in [1.54, 1.807) is 0 Å². The molecule has 1 fully saturated rings. The van der Waals surface area contributed by atoms with E-state index in [9.17, 15) is 0 Å². The molecule has 0 radical (unpaired) electrons. The third-order valence-corrected chi connectivity index (χ3v) is 2.91. The maximum atomic E-state index is 5.53. The third-order valence-electron chi connectivity index (χ3n) is 2.91. The highest BCUT2D eigenvalue weighted by atomic mass is 16.5. The first kappa shape index (κ1) is 12.0. The fourth-order valence-electron chi connectivity index (χ4n) is 2.09. The Bertz CT molecular complexity index is 125. The zero-order chi connectivity index (χ0) is 10.2. The topological polar surface area (TPSA) is 38.5 Å². The molecule has 0 aliphatic carbocycles. The Morgan fingerprint density at radius 3 is 3.00 bits per heavy atom. The summed E-state index contributed by atoms with van der Waals surface area (Å²) in [5.41, 5.74) is 5.53. The van der Waals surface area contributed by atoms with Crippen LogP contribution in [0.5, 0.6) is 0 Å². The number of nitrogens with zero attached hydrogens (tertiary/aromatic N) is 1. The average molecular weight is 200 g/mol. The van der Waals surface area contributed by atoms with Crippen molar-refractivity contribution in [1.82, 2.24) is 4.90 Å². The van der Waals surface area contributed by atoms with Crippen LogP contribution in [0.15, 0.2) is 0 Å². The summed E-state index contributed by atoms with van der Waals surface area (Å²) in [6.45, 7) is 6.99. The van der Waals surface area contributed by atoms with Gasteiger partial charge in [0.2, 0.25) is 0 Å². The van der Waals surface area contributed by atoms with Crippen LogP contribution < -0.4 is 5.73 Å². The van der Waals surface area contributed by atoms with Gasteiger partial charge in [-0.1, -0.05) is 6.42 Å². The SMILES string of the molecule is CCOC[C@H]1CCCCN1CCCN. The second-order valence-electron chi connectivity index (χ2n) is 3.99. The highest BCUT2D eigenvalue weighted by Crippen LogP contribution is 2.17. The van der Waals surface area contributed by atoms with Crippen LogP contribution in [0, 0.1) is 0 Å². The summed E-state index contributed by atoms with van der Waals surface area (Å²) in [6, 6.07) is 0.648. The fourth-order valence-corrected chi connectivity index (χ4v) is 2.09. The van der Waals surface area contributed by atoms with E-state index in [0.717, 1.165) is 32.7 Å². The van der Waals surface area contributed by atoms with Crippen LogP contribution in [0.1, 0.15) is 32.6 Å². The molecule has 1 aliphatic rings. The largest absolute Gasteiger partial charge is 0.380 e. The quantitative estimate of drug-likeness (QED) is 0.701. The monoisotopic (exact) mass is 200 g/mol. The molecule has 0 aromatic rings. The Labute approximate surface area is 87.6 Å². The molecule has 3 nitrogen and oxygen atoms in total. The minimum Gasteiger partial charge on any atom is -0.380 e. The van der Waals surface area contributed by atoms with Gasteiger partial charge in [-0.2, -0.15) is 0 Å². The molecule has 1 rings (SSSR count). The molecule has 0 amide bonds. The second-order valence-corrected chi connectivity index (χ2v) is 3.99. The molecule has 0 unspecified atom stereocenters. The van der Waals surface area contributed by atoms with E-state index >= 15 is 0 Å². The highest BCUT2D eigenvalue weighted by Gasteiger charge is 2.21. The van der Waals surface area contributed by atoms with Crippen molar-refractivity contribution in [3.8, 4) is 0 Å². The van der Waals surface area contributed by atoms with Crippen LogP contribution in [0.3, 0.4) is 0 Å². The Morgan fingerprint density at radius 1 is 1.43 bits per heavy atom. The van der Waals surface area contributed by atoms with Crippen LogP contribution >= 0.6 is 0 Å². The molecule has 0 spiro atoms. The van der Waals surface area contributed by atoms with Crippen molar-refractivity contribution >= 4 is 0 Å². The molecule has 0 bridgehead atoms. The third kappa shape index (κ3) is 3.95. The predicted molar refractivity (Wildman–Crippen MR) is 59.4 cm³/mol. The molecular weight excluding hydrogens is 176 g/mol. The second kappa shape index (κ2) is 7.21. The Balaban J connectivity index is 2.26. The number of likely N-dealkylation sites (tertiary alicyclic amines) is 1. The van der Waals surface area contributed by atoms with E-state index < -0.39 is 0 Å². The summed E-state index contributed by atoms with van der Waals surface area (Å²) in [6.07, 6.45) is 5.11. The summed E-state index contributed by atoms with van der Waals surface area (Å²) in [4.78, 5) is 2.55.